The van der Waals surface area contributed by atoms with E-state index < -0.39 is 5.97 Å². The molecule has 0 amide bonds. The van der Waals surface area contributed by atoms with Crippen LogP contribution in [0.2, 0.25) is 0 Å². The van der Waals surface area contributed by atoms with E-state index in [1.54, 1.807) is 17.7 Å². The molecule has 0 saturated carbocycles. The van der Waals surface area contributed by atoms with Gasteiger partial charge in [0.15, 0.2) is 0 Å². The number of aromatic nitrogens is 2. The fraction of sp³-hybridized carbons (Fsp3) is 0.533. The molecule has 2 aromatic rings. The van der Waals surface area contributed by atoms with Crippen molar-refractivity contribution in [1.82, 2.24) is 9.97 Å². The van der Waals surface area contributed by atoms with Gasteiger partial charge < -0.3 is 10.4 Å². The number of carboxylic acids is 1. The monoisotopic (exact) mass is 305 g/mol. The van der Waals surface area contributed by atoms with Crippen molar-refractivity contribution >= 4 is 33.3 Å². The molecule has 2 aromatic heterocycles. The molecule has 0 bridgehead atoms. The molecule has 2 N–H and O–H groups in total. The number of nitrogens with zero attached hydrogens (tertiary/aromatic N) is 2. The largest absolute Gasteiger partial charge is 0.481 e. The van der Waals surface area contributed by atoms with Crippen molar-refractivity contribution < 1.29 is 9.90 Å². The van der Waals surface area contributed by atoms with Crippen LogP contribution in [0.15, 0.2) is 6.33 Å². The van der Waals surface area contributed by atoms with Gasteiger partial charge in [0.2, 0.25) is 0 Å². The molecule has 0 spiro atoms. The highest BCUT2D eigenvalue weighted by Crippen LogP contribution is 2.39. The van der Waals surface area contributed by atoms with E-state index in [9.17, 15) is 4.79 Å². The number of aliphatic carboxylic acids is 1. The van der Waals surface area contributed by atoms with Crippen LogP contribution in [0.4, 0.5) is 5.82 Å². The minimum absolute atomic E-state index is 0.149. The Morgan fingerprint density at radius 2 is 2.24 bits per heavy atom. The Kier molecular flexibility index (Phi) is 3.57. The van der Waals surface area contributed by atoms with Gasteiger partial charge in [-0.3, -0.25) is 4.79 Å². The standard InChI is InChI=1S/C15H19N3O2S/c1-15(2,7-6-11(19)20)18-13-12-9-4-3-5-10(9)21-14(12)17-8-16-13/h8H,3-7H2,1-2H3,(H,19,20)(H,16,17,18). The van der Waals surface area contributed by atoms with Gasteiger partial charge in [0.25, 0.3) is 0 Å². The van der Waals surface area contributed by atoms with Crippen LogP contribution in [-0.4, -0.2) is 26.6 Å². The quantitative estimate of drug-likeness (QED) is 0.887. The Hall–Kier alpha value is -1.69. The number of anilines is 1. The summed E-state index contributed by atoms with van der Waals surface area (Å²) in [6, 6.07) is 0. The number of thiophene rings is 1. The first kappa shape index (κ1) is 14.3. The van der Waals surface area contributed by atoms with Gasteiger partial charge in [-0.2, -0.15) is 0 Å². The molecule has 112 valence electrons. The third-order valence-electron chi connectivity index (χ3n) is 3.92. The molecule has 0 aliphatic heterocycles. The highest BCUT2D eigenvalue weighted by atomic mass is 32.1. The van der Waals surface area contributed by atoms with E-state index in [2.05, 4.69) is 15.3 Å². The first-order chi connectivity index (χ1) is 9.96. The minimum atomic E-state index is -0.769. The second kappa shape index (κ2) is 5.26. The molecular formula is C15H19N3O2S. The topological polar surface area (TPSA) is 75.1 Å². The van der Waals surface area contributed by atoms with Crippen LogP contribution in [0, 0.1) is 0 Å². The molecule has 3 rings (SSSR count). The second-order valence-corrected chi connectivity index (χ2v) is 7.25. The molecule has 1 aliphatic carbocycles. The van der Waals surface area contributed by atoms with E-state index in [4.69, 9.17) is 5.11 Å². The Balaban J connectivity index is 1.92. The Bertz CT molecular complexity index is 694. The first-order valence-corrected chi connectivity index (χ1v) is 8.03. The van der Waals surface area contributed by atoms with Gasteiger partial charge in [-0.1, -0.05) is 0 Å². The van der Waals surface area contributed by atoms with E-state index in [0.717, 1.165) is 28.9 Å². The highest BCUT2D eigenvalue weighted by Gasteiger charge is 2.25. The number of hydrogen-bond acceptors (Lipinski definition) is 5. The maximum absolute atomic E-state index is 10.8. The summed E-state index contributed by atoms with van der Waals surface area (Å²) in [6.07, 6.45) is 5.72. The lowest BCUT2D eigenvalue weighted by molar-refractivity contribution is -0.137. The fourth-order valence-corrected chi connectivity index (χ4v) is 4.05. The summed E-state index contributed by atoms with van der Waals surface area (Å²) in [7, 11) is 0. The third kappa shape index (κ3) is 2.85. The molecular weight excluding hydrogens is 286 g/mol. The highest BCUT2D eigenvalue weighted by molar-refractivity contribution is 7.19. The predicted octanol–water partition coefficient (Wildman–Crippen LogP) is 3.24. The van der Waals surface area contributed by atoms with Crippen molar-refractivity contribution in [3.63, 3.8) is 0 Å². The zero-order valence-electron chi connectivity index (χ0n) is 12.3. The lowest BCUT2D eigenvalue weighted by Gasteiger charge is -2.26. The van der Waals surface area contributed by atoms with Crippen molar-refractivity contribution in [2.24, 2.45) is 0 Å². The van der Waals surface area contributed by atoms with Gasteiger partial charge in [0, 0.05) is 16.8 Å². The Morgan fingerprint density at radius 1 is 1.43 bits per heavy atom. The number of carbonyl (C=O) groups is 1. The molecule has 0 fully saturated rings. The van der Waals surface area contributed by atoms with Gasteiger partial charge in [0.05, 0.1) is 5.39 Å². The average Bonchev–Trinajstić information content (AvgIpc) is 2.96. The fourth-order valence-electron chi connectivity index (χ4n) is 2.83. The number of rotatable bonds is 5. The Morgan fingerprint density at radius 3 is 3.00 bits per heavy atom. The SMILES string of the molecule is CC(C)(CCC(=O)O)Nc1ncnc2sc3c(c12)CCC3. The van der Waals surface area contributed by atoms with Gasteiger partial charge in [-0.05, 0) is 45.1 Å². The number of nitrogens with one attached hydrogen (secondary N) is 1. The van der Waals surface area contributed by atoms with Crippen LogP contribution in [0.5, 0.6) is 0 Å². The molecule has 0 aromatic carbocycles. The molecule has 6 heteroatoms. The third-order valence-corrected chi connectivity index (χ3v) is 5.12. The summed E-state index contributed by atoms with van der Waals surface area (Å²) < 4.78 is 0. The van der Waals surface area contributed by atoms with Crippen LogP contribution >= 0.6 is 11.3 Å². The molecule has 21 heavy (non-hydrogen) atoms. The van der Waals surface area contributed by atoms with E-state index in [1.165, 1.54) is 16.9 Å². The van der Waals surface area contributed by atoms with Crippen molar-refractivity contribution in [2.45, 2.75) is 51.5 Å². The summed E-state index contributed by atoms with van der Waals surface area (Å²) in [4.78, 5) is 22.0. The number of hydrogen-bond donors (Lipinski definition) is 2. The van der Waals surface area contributed by atoms with E-state index >= 15 is 0 Å². The first-order valence-electron chi connectivity index (χ1n) is 7.21. The van der Waals surface area contributed by atoms with Crippen LogP contribution in [0.1, 0.15) is 43.6 Å². The lowest BCUT2D eigenvalue weighted by Crippen LogP contribution is -2.32. The van der Waals surface area contributed by atoms with Gasteiger partial charge in [-0.25, -0.2) is 9.97 Å². The van der Waals surface area contributed by atoms with E-state index in [1.807, 2.05) is 13.8 Å². The molecule has 0 atom stereocenters. The number of aryl methyl sites for hydroxylation is 2. The summed E-state index contributed by atoms with van der Waals surface area (Å²) in [6.45, 7) is 4.02. The molecule has 1 aliphatic rings. The van der Waals surface area contributed by atoms with Crippen molar-refractivity contribution in [3.8, 4) is 0 Å². The van der Waals surface area contributed by atoms with E-state index in [0.29, 0.717) is 6.42 Å². The number of carboxylic acid groups (broad SMARTS) is 1. The van der Waals surface area contributed by atoms with Crippen molar-refractivity contribution in [2.75, 3.05) is 5.32 Å². The second-order valence-electron chi connectivity index (χ2n) is 6.16. The zero-order valence-corrected chi connectivity index (χ0v) is 13.1. The Labute approximate surface area is 127 Å². The van der Waals surface area contributed by atoms with Crippen LogP contribution in [-0.2, 0) is 17.6 Å². The van der Waals surface area contributed by atoms with Crippen LogP contribution in [0.3, 0.4) is 0 Å². The maximum atomic E-state index is 10.8. The summed E-state index contributed by atoms with van der Waals surface area (Å²) in [5.41, 5.74) is 1.07. The minimum Gasteiger partial charge on any atom is -0.481 e. The van der Waals surface area contributed by atoms with Crippen LogP contribution < -0.4 is 5.32 Å². The van der Waals surface area contributed by atoms with Gasteiger partial charge >= 0.3 is 5.97 Å². The normalized spacial score (nSPS) is 14.4. The molecule has 0 saturated heterocycles. The zero-order chi connectivity index (χ0) is 15.0. The molecule has 5 nitrogen and oxygen atoms in total. The molecule has 0 radical (unpaired) electrons. The molecule has 2 heterocycles. The van der Waals surface area contributed by atoms with Crippen LogP contribution in [0.25, 0.3) is 10.2 Å². The van der Waals surface area contributed by atoms with Gasteiger partial charge in [-0.15, -0.1) is 11.3 Å². The molecule has 0 unspecified atom stereocenters. The van der Waals surface area contributed by atoms with Gasteiger partial charge in [0.1, 0.15) is 17.0 Å². The summed E-state index contributed by atoms with van der Waals surface area (Å²) >= 11 is 1.76. The smallest absolute Gasteiger partial charge is 0.303 e. The lowest BCUT2D eigenvalue weighted by atomic mass is 9.98. The maximum Gasteiger partial charge on any atom is 0.303 e. The predicted molar refractivity (Wildman–Crippen MR) is 84.0 cm³/mol. The average molecular weight is 305 g/mol. The number of fused-ring (bicyclic) bond motifs is 3. The van der Waals surface area contributed by atoms with Crippen molar-refractivity contribution in [3.05, 3.63) is 16.8 Å². The van der Waals surface area contributed by atoms with Crippen molar-refractivity contribution in [1.29, 1.82) is 0 Å². The summed E-state index contributed by atoms with van der Waals surface area (Å²) in [5, 5.41) is 13.4. The van der Waals surface area contributed by atoms with E-state index in [-0.39, 0.29) is 12.0 Å². The summed E-state index contributed by atoms with van der Waals surface area (Å²) in [5.74, 6) is 0.0731.